The number of Topliss-reactive ketones (excluding diaryl/α,β-unsaturated/α-hetero) is 2. The predicted octanol–water partition coefficient (Wildman–Crippen LogP) is 12.0. The maximum absolute atomic E-state index is 14.4. The summed E-state index contributed by atoms with van der Waals surface area (Å²) >= 11 is 13.0. The van der Waals surface area contributed by atoms with Crippen molar-refractivity contribution in [3.05, 3.63) is 200 Å². The van der Waals surface area contributed by atoms with Gasteiger partial charge in [0.15, 0.2) is 11.6 Å². The number of carboxylic acid groups (broad SMARTS) is 1. The fourth-order valence-corrected chi connectivity index (χ4v) is 12.4. The minimum absolute atomic E-state index is 0.000568. The molecule has 0 aliphatic carbocycles. The second-order valence-corrected chi connectivity index (χ2v) is 28.0. The van der Waals surface area contributed by atoms with E-state index in [1.807, 2.05) is 113 Å². The number of carbonyl (C=O) groups is 10. The minimum atomic E-state index is -1.42. The Balaban J connectivity index is 0.000000219. The third-order valence-corrected chi connectivity index (χ3v) is 18.6. The number of rotatable bonds is 16. The van der Waals surface area contributed by atoms with E-state index in [1.54, 1.807) is 92.4 Å². The molecule has 0 spiro atoms. The van der Waals surface area contributed by atoms with Crippen LogP contribution in [0.25, 0.3) is 0 Å². The number of piperidine rings is 2. The molecule has 0 aromatic heterocycles. The molecule has 0 radical (unpaired) electrons. The number of ether oxygens (including phenoxy) is 2. The number of carboxylic acids is 1. The quantitative estimate of drug-likeness (QED) is 0.0492. The Labute approximate surface area is 588 Å². The number of nitrogens with one attached hydrogen (secondary N) is 5. The number of amides is 7. The number of benzene rings is 6. The molecule has 23 heteroatoms. The van der Waals surface area contributed by atoms with Crippen LogP contribution in [-0.2, 0) is 64.2 Å². The highest BCUT2D eigenvalue weighted by Gasteiger charge is 2.48. The van der Waals surface area contributed by atoms with Crippen molar-refractivity contribution in [3.8, 4) is 0 Å². The van der Waals surface area contributed by atoms with Gasteiger partial charge in [0.1, 0.15) is 28.3 Å². The van der Waals surface area contributed by atoms with E-state index in [0.29, 0.717) is 45.5 Å². The van der Waals surface area contributed by atoms with Crippen LogP contribution >= 0.6 is 23.2 Å². The molecule has 2 saturated heterocycles. The van der Waals surface area contributed by atoms with E-state index < -0.39 is 64.3 Å². The highest BCUT2D eigenvalue weighted by atomic mass is 35.5. The lowest BCUT2D eigenvalue weighted by Crippen LogP contribution is -2.65. The van der Waals surface area contributed by atoms with Gasteiger partial charge >= 0.3 is 18.2 Å². The number of aryl methyl sites for hydroxylation is 2. The summed E-state index contributed by atoms with van der Waals surface area (Å²) in [6.07, 6.45) is 0.452. The number of anilines is 2. The van der Waals surface area contributed by atoms with E-state index in [2.05, 4.69) is 26.6 Å². The lowest BCUT2D eigenvalue weighted by Gasteiger charge is -2.43. The van der Waals surface area contributed by atoms with Gasteiger partial charge in [-0.05, 0) is 133 Å². The molecule has 4 aliphatic rings. The zero-order valence-corrected chi connectivity index (χ0v) is 58.8. The van der Waals surface area contributed by atoms with E-state index in [-0.39, 0.29) is 120 Å². The number of hydrogen-bond acceptors (Lipinski definition) is 13. The van der Waals surface area contributed by atoms with Crippen molar-refractivity contribution >= 4 is 93.8 Å². The normalized spacial score (nSPS) is 16.8. The Morgan fingerprint density at radius 3 is 1.35 bits per heavy atom. The van der Waals surface area contributed by atoms with Gasteiger partial charge in [0.25, 0.3) is 0 Å². The number of ketones is 2. The molecule has 6 aromatic carbocycles. The Bertz CT molecular complexity index is 3930. The molecule has 0 unspecified atom stereocenters. The van der Waals surface area contributed by atoms with Crippen molar-refractivity contribution in [2.45, 2.75) is 167 Å². The van der Waals surface area contributed by atoms with Gasteiger partial charge in [0.2, 0.25) is 29.5 Å². The Kier molecular flexibility index (Phi) is 25.4. The second-order valence-electron chi connectivity index (χ2n) is 27.2. The van der Waals surface area contributed by atoms with Gasteiger partial charge < -0.3 is 55.9 Å². The standard InChI is InChI=1S/C38H43ClN4O6.C28H35ClN4O4.C10H10O3/c1-25-11-10-16-29(33(25)39)40-35(47)38(19-21-42(22-20-38)36(48)49-37(2,3)4)41-34(46)30-23-27-14-8-9-15-28(27)24-43(30)32(45)18-17-31(44)26-12-6-5-7-13-26;1-18-8-7-11-21(23(18)29)31-25(35)28(12-14-33(15-13-28)26(36)37-27(2,3)4)32-24(34)22-16-19-9-5-6-10-20(19)17-30-22;11-9(6-7-10(12)13)8-4-2-1-3-5-8/h5-16,30H,17-24H2,1-4H3,(H,40,47)(H,41,46);5-11,22,30H,12-17H2,1-4H3,(H,31,35)(H,32,34);1-5H,6-7H2,(H,12,13)/t30-;22-;/m00./s1. The van der Waals surface area contributed by atoms with Crippen LogP contribution in [-0.4, -0.2) is 140 Å². The lowest BCUT2D eigenvalue weighted by atomic mass is 9.85. The van der Waals surface area contributed by atoms with Crippen molar-refractivity contribution in [2.24, 2.45) is 0 Å². The first-order chi connectivity index (χ1) is 46.9. The minimum Gasteiger partial charge on any atom is -0.481 e. The summed E-state index contributed by atoms with van der Waals surface area (Å²) in [5.74, 6) is -3.11. The van der Waals surface area contributed by atoms with Crippen LogP contribution in [0.2, 0.25) is 10.0 Å². The number of halogens is 2. The molecule has 99 heavy (non-hydrogen) atoms. The van der Waals surface area contributed by atoms with Gasteiger partial charge in [-0.2, -0.15) is 0 Å². The molecule has 4 aliphatic heterocycles. The third kappa shape index (κ3) is 20.6. The van der Waals surface area contributed by atoms with E-state index in [4.69, 9.17) is 37.8 Å². The number of fused-ring (bicyclic) bond motifs is 2. The number of aliphatic carboxylic acids is 1. The summed E-state index contributed by atoms with van der Waals surface area (Å²) in [7, 11) is 0. The van der Waals surface area contributed by atoms with E-state index in [0.717, 1.165) is 27.8 Å². The molecular formula is C76H88Cl2N8O13. The van der Waals surface area contributed by atoms with Crippen molar-refractivity contribution in [3.63, 3.8) is 0 Å². The molecule has 2 atom stereocenters. The summed E-state index contributed by atoms with van der Waals surface area (Å²) in [6, 6.07) is 42.4. The van der Waals surface area contributed by atoms with Crippen LogP contribution in [0.15, 0.2) is 146 Å². The van der Waals surface area contributed by atoms with Crippen molar-refractivity contribution < 1.29 is 62.5 Å². The summed E-state index contributed by atoms with van der Waals surface area (Å²) in [5, 5.41) is 24.4. The smallest absolute Gasteiger partial charge is 0.410 e. The first-order valence-corrected chi connectivity index (χ1v) is 34.0. The highest BCUT2D eigenvalue weighted by Crippen LogP contribution is 2.34. The summed E-state index contributed by atoms with van der Waals surface area (Å²) in [5.41, 5.74) is 3.78. The van der Waals surface area contributed by atoms with Crippen molar-refractivity contribution in [2.75, 3.05) is 36.8 Å². The topological polar surface area (TPSA) is 279 Å². The Morgan fingerprint density at radius 1 is 0.505 bits per heavy atom. The van der Waals surface area contributed by atoms with Crippen LogP contribution in [0.4, 0.5) is 21.0 Å². The second kappa shape index (κ2) is 33.4. The molecule has 0 saturated carbocycles. The van der Waals surface area contributed by atoms with Gasteiger partial charge in [-0.15, -0.1) is 0 Å². The fourth-order valence-electron chi connectivity index (χ4n) is 12.0. The van der Waals surface area contributed by atoms with Crippen LogP contribution in [0, 0.1) is 13.8 Å². The molecule has 6 aromatic rings. The van der Waals surface area contributed by atoms with E-state index >= 15 is 0 Å². The molecular weight excluding hydrogens is 1300 g/mol. The zero-order chi connectivity index (χ0) is 71.8. The lowest BCUT2D eigenvalue weighted by molar-refractivity contribution is -0.144. The molecule has 10 rings (SSSR count). The number of hydrogen-bond donors (Lipinski definition) is 6. The summed E-state index contributed by atoms with van der Waals surface area (Å²) in [6.45, 7) is 16.1. The van der Waals surface area contributed by atoms with Crippen LogP contribution < -0.4 is 26.6 Å². The monoisotopic (exact) mass is 1390 g/mol. The summed E-state index contributed by atoms with van der Waals surface area (Å²) < 4.78 is 11.1. The van der Waals surface area contributed by atoms with Crippen molar-refractivity contribution in [1.82, 2.24) is 30.7 Å². The Hall–Kier alpha value is -9.44. The number of likely N-dealkylation sites (tertiary alicyclic amines) is 2. The fraction of sp³-hybridized carbons (Fsp3) is 0.395. The van der Waals surface area contributed by atoms with Crippen molar-refractivity contribution in [1.29, 1.82) is 0 Å². The van der Waals surface area contributed by atoms with Gasteiger partial charge in [-0.3, -0.25) is 38.4 Å². The average Bonchev–Trinajstić information content (AvgIpc) is 0.790. The molecule has 2 fully saturated rings. The molecule has 0 bridgehead atoms. The van der Waals surface area contributed by atoms with E-state index in [1.165, 1.54) is 15.4 Å². The van der Waals surface area contributed by atoms with Crippen LogP contribution in [0.3, 0.4) is 0 Å². The zero-order valence-electron chi connectivity index (χ0n) is 57.3. The first kappa shape index (κ1) is 75.3. The summed E-state index contributed by atoms with van der Waals surface area (Å²) in [4.78, 5) is 134. The molecule has 7 amide bonds. The first-order valence-electron chi connectivity index (χ1n) is 33.2. The van der Waals surface area contributed by atoms with E-state index in [9.17, 15) is 47.9 Å². The highest BCUT2D eigenvalue weighted by molar-refractivity contribution is 6.35. The maximum atomic E-state index is 14.4. The molecule has 4 heterocycles. The predicted molar refractivity (Wildman–Crippen MR) is 378 cm³/mol. The Morgan fingerprint density at radius 2 is 0.909 bits per heavy atom. The van der Waals surface area contributed by atoms with Gasteiger partial charge in [-0.1, -0.05) is 157 Å². The van der Waals surface area contributed by atoms with Gasteiger partial charge in [-0.25, -0.2) is 9.59 Å². The van der Waals surface area contributed by atoms with Gasteiger partial charge in [0.05, 0.1) is 33.9 Å². The van der Waals surface area contributed by atoms with Gasteiger partial charge in [0, 0.05) is 76.1 Å². The molecule has 6 N–H and O–H groups in total. The average molecular weight is 1390 g/mol. The SMILES string of the molecule is Cc1cccc(NC(=O)C2(NC(=O)[C@@H]3Cc4ccccc4CN3)CCN(C(=O)OC(C)(C)C)CC2)c1Cl.Cc1cccc(NC(=O)C2(NC(=O)[C@@H]3Cc4ccccc4CN3C(=O)CCC(=O)c3ccccc3)CCN(C(=O)OC(C)(C)C)CC2)c1Cl.O=C(O)CCC(=O)c1ccccc1. The van der Waals surface area contributed by atoms with Crippen LogP contribution in [0.5, 0.6) is 0 Å². The number of carbonyl (C=O) groups excluding carboxylic acids is 9. The molecule has 524 valence electrons. The maximum Gasteiger partial charge on any atom is 0.410 e. The number of nitrogens with zero attached hydrogens (tertiary/aromatic N) is 3. The third-order valence-electron chi connectivity index (χ3n) is 17.6. The molecule has 21 nitrogen and oxygen atoms in total. The largest absolute Gasteiger partial charge is 0.481 e. The van der Waals surface area contributed by atoms with Crippen LogP contribution in [0.1, 0.15) is 147 Å².